The van der Waals surface area contributed by atoms with E-state index >= 15 is 0 Å². The van der Waals surface area contributed by atoms with Crippen molar-refractivity contribution < 1.29 is 18.7 Å². The van der Waals surface area contributed by atoms with E-state index in [9.17, 15) is 9.59 Å². The number of nitrogens with zero attached hydrogens (tertiary/aromatic N) is 2. The van der Waals surface area contributed by atoms with Crippen molar-refractivity contribution in [1.82, 2.24) is 9.88 Å². The molecule has 0 radical (unpaired) electrons. The second-order valence-corrected chi connectivity index (χ2v) is 8.11. The lowest BCUT2D eigenvalue weighted by molar-refractivity contribution is -0.155. The maximum Gasteiger partial charge on any atom is 0.306 e. The minimum Gasteiger partial charge on any atom is -0.460 e. The number of carbonyl (C=O) groups excluding carboxylic acids is 2. The Kier molecular flexibility index (Phi) is 5.16. The summed E-state index contributed by atoms with van der Waals surface area (Å²) in [7, 11) is 0. The number of rotatable bonds is 5. The van der Waals surface area contributed by atoms with Crippen LogP contribution in [0.5, 0.6) is 0 Å². The second-order valence-electron chi connectivity index (χ2n) is 8.11. The third-order valence-electron chi connectivity index (χ3n) is 4.74. The topological polar surface area (TPSA) is 72.6 Å². The molecule has 138 valence electrons. The van der Waals surface area contributed by atoms with Gasteiger partial charge in [-0.05, 0) is 59.3 Å². The van der Waals surface area contributed by atoms with Crippen molar-refractivity contribution in [1.29, 1.82) is 0 Å². The molecule has 25 heavy (non-hydrogen) atoms. The monoisotopic (exact) mass is 348 g/mol. The average Bonchev–Trinajstić information content (AvgIpc) is 3.28. The van der Waals surface area contributed by atoms with Crippen molar-refractivity contribution in [2.75, 3.05) is 6.54 Å². The van der Waals surface area contributed by atoms with Gasteiger partial charge in [0.1, 0.15) is 5.60 Å². The molecule has 0 spiro atoms. The van der Waals surface area contributed by atoms with Crippen LogP contribution < -0.4 is 0 Å². The number of oxazole rings is 1. The van der Waals surface area contributed by atoms with Gasteiger partial charge in [-0.1, -0.05) is 0 Å². The van der Waals surface area contributed by atoms with Crippen molar-refractivity contribution in [3.8, 4) is 0 Å². The highest BCUT2D eigenvalue weighted by Gasteiger charge is 2.36. The lowest BCUT2D eigenvalue weighted by Gasteiger charge is -2.35. The Bertz CT molecular complexity index is 628. The molecule has 0 N–H and O–H groups in total. The molecule has 1 aromatic heterocycles. The summed E-state index contributed by atoms with van der Waals surface area (Å²) in [5, 5.41) is 0. The predicted octanol–water partition coefficient (Wildman–Crippen LogP) is 3.67. The zero-order valence-electron chi connectivity index (χ0n) is 15.4. The number of likely N-dealkylation sites (tertiary alicyclic amines) is 1. The fourth-order valence-corrected chi connectivity index (χ4v) is 3.44. The summed E-state index contributed by atoms with van der Waals surface area (Å²) in [6.07, 6.45) is 7.48. The first-order valence-corrected chi connectivity index (χ1v) is 9.31. The van der Waals surface area contributed by atoms with Crippen LogP contribution in [0.3, 0.4) is 0 Å². The fraction of sp³-hybridized carbons (Fsp3) is 0.737. The maximum atomic E-state index is 13.0. The third-order valence-corrected chi connectivity index (χ3v) is 4.74. The van der Waals surface area contributed by atoms with E-state index < -0.39 is 5.60 Å². The summed E-state index contributed by atoms with van der Waals surface area (Å²) < 4.78 is 10.8. The molecule has 0 aromatic carbocycles. The Balaban J connectivity index is 1.63. The number of aromatic nitrogens is 1. The average molecular weight is 348 g/mol. The Labute approximate surface area is 148 Å². The van der Waals surface area contributed by atoms with Crippen molar-refractivity contribution >= 4 is 11.9 Å². The Morgan fingerprint density at radius 2 is 2.04 bits per heavy atom. The van der Waals surface area contributed by atoms with E-state index in [0.29, 0.717) is 31.1 Å². The molecule has 6 nitrogen and oxygen atoms in total. The van der Waals surface area contributed by atoms with Crippen LogP contribution in [0.15, 0.2) is 10.8 Å². The number of hydrogen-bond acceptors (Lipinski definition) is 5. The molecule has 3 rings (SSSR count). The molecule has 0 unspecified atom stereocenters. The van der Waals surface area contributed by atoms with Crippen molar-refractivity contribution in [3.63, 3.8) is 0 Å². The lowest BCUT2D eigenvalue weighted by atomic mass is 9.97. The molecular weight excluding hydrogens is 320 g/mol. The number of piperidine rings is 1. The van der Waals surface area contributed by atoms with E-state index in [1.54, 1.807) is 0 Å². The molecule has 2 heterocycles. The standard InChI is InChI=1S/C19H28N2O4/c1-19(2,3)25-15(22)10-9-14-6-4-5-11-21(14)18(23)17-16(13-7-8-13)20-12-24-17/h12-14H,4-11H2,1-3H3/t14-/m1/s1. The van der Waals surface area contributed by atoms with Crippen LogP contribution in [0.1, 0.15) is 87.9 Å². The van der Waals surface area contributed by atoms with Crippen LogP contribution in [-0.2, 0) is 9.53 Å². The van der Waals surface area contributed by atoms with Gasteiger partial charge < -0.3 is 14.1 Å². The highest BCUT2D eigenvalue weighted by molar-refractivity contribution is 5.93. The summed E-state index contributed by atoms with van der Waals surface area (Å²) in [6, 6.07) is 0.0610. The van der Waals surface area contributed by atoms with Gasteiger partial charge in [0.25, 0.3) is 5.91 Å². The highest BCUT2D eigenvalue weighted by Crippen LogP contribution is 2.41. The summed E-state index contributed by atoms with van der Waals surface area (Å²) in [5.41, 5.74) is 0.333. The Morgan fingerprint density at radius 3 is 2.72 bits per heavy atom. The first-order chi connectivity index (χ1) is 11.8. The zero-order chi connectivity index (χ0) is 18.0. The highest BCUT2D eigenvalue weighted by atomic mass is 16.6. The van der Waals surface area contributed by atoms with Gasteiger partial charge in [-0.2, -0.15) is 0 Å². The van der Waals surface area contributed by atoms with Crippen molar-refractivity contribution in [2.45, 2.75) is 83.3 Å². The van der Waals surface area contributed by atoms with Gasteiger partial charge in [-0.3, -0.25) is 9.59 Å². The maximum absolute atomic E-state index is 13.0. The van der Waals surface area contributed by atoms with Crippen LogP contribution in [0.2, 0.25) is 0 Å². The minimum atomic E-state index is -0.474. The number of carbonyl (C=O) groups is 2. The largest absolute Gasteiger partial charge is 0.460 e. The Hall–Kier alpha value is -1.85. The van der Waals surface area contributed by atoms with Gasteiger partial charge in [0.05, 0.1) is 5.69 Å². The molecule has 1 saturated heterocycles. The number of hydrogen-bond donors (Lipinski definition) is 0. The molecule has 1 aliphatic carbocycles. The molecule has 1 atom stereocenters. The Morgan fingerprint density at radius 1 is 1.28 bits per heavy atom. The van der Waals surface area contributed by atoms with E-state index in [2.05, 4.69) is 4.98 Å². The van der Waals surface area contributed by atoms with E-state index in [4.69, 9.17) is 9.15 Å². The van der Waals surface area contributed by atoms with Crippen LogP contribution in [0.4, 0.5) is 0 Å². The molecule has 2 fully saturated rings. The van der Waals surface area contributed by atoms with E-state index in [-0.39, 0.29) is 17.9 Å². The smallest absolute Gasteiger partial charge is 0.306 e. The zero-order valence-corrected chi connectivity index (χ0v) is 15.4. The van der Waals surface area contributed by atoms with Crippen LogP contribution in [0.25, 0.3) is 0 Å². The van der Waals surface area contributed by atoms with Crippen molar-refractivity contribution in [3.05, 3.63) is 17.8 Å². The van der Waals surface area contributed by atoms with Gasteiger partial charge in [-0.15, -0.1) is 0 Å². The van der Waals surface area contributed by atoms with Gasteiger partial charge in [0.2, 0.25) is 5.76 Å². The number of esters is 1. The lowest BCUT2D eigenvalue weighted by Crippen LogP contribution is -2.44. The van der Waals surface area contributed by atoms with Gasteiger partial charge in [0, 0.05) is 24.9 Å². The van der Waals surface area contributed by atoms with Crippen LogP contribution in [-0.4, -0.2) is 39.9 Å². The van der Waals surface area contributed by atoms with Gasteiger partial charge in [0.15, 0.2) is 6.39 Å². The van der Waals surface area contributed by atoms with Crippen LogP contribution >= 0.6 is 0 Å². The number of ether oxygens (including phenoxy) is 1. The van der Waals surface area contributed by atoms with Crippen molar-refractivity contribution in [2.24, 2.45) is 0 Å². The van der Waals surface area contributed by atoms with E-state index in [0.717, 1.165) is 37.8 Å². The molecule has 0 bridgehead atoms. The minimum absolute atomic E-state index is 0.0610. The van der Waals surface area contributed by atoms with E-state index in [1.165, 1.54) is 6.39 Å². The normalized spacial score (nSPS) is 21.2. The summed E-state index contributed by atoms with van der Waals surface area (Å²) >= 11 is 0. The first kappa shape index (κ1) is 18.0. The quantitative estimate of drug-likeness (QED) is 0.759. The van der Waals surface area contributed by atoms with E-state index in [1.807, 2.05) is 25.7 Å². The molecular formula is C19H28N2O4. The summed E-state index contributed by atoms with van der Waals surface area (Å²) in [4.78, 5) is 31.1. The molecule has 1 amide bonds. The molecule has 1 aromatic rings. The summed E-state index contributed by atoms with van der Waals surface area (Å²) in [6.45, 7) is 6.31. The molecule has 1 aliphatic heterocycles. The number of amides is 1. The van der Waals surface area contributed by atoms with Gasteiger partial charge in [-0.25, -0.2) is 4.98 Å². The molecule has 2 aliphatic rings. The fourth-order valence-electron chi connectivity index (χ4n) is 3.44. The van der Waals surface area contributed by atoms with Gasteiger partial charge >= 0.3 is 5.97 Å². The van der Waals surface area contributed by atoms with Crippen LogP contribution in [0, 0.1) is 0 Å². The summed E-state index contributed by atoms with van der Waals surface area (Å²) in [5.74, 6) is 0.492. The SMILES string of the molecule is CC(C)(C)OC(=O)CC[C@H]1CCCCN1C(=O)c1ocnc1C1CC1. The first-order valence-electron chi connectivity index (χ1n) is 9.31. The second kappa shape index (κ2) is 7.18. The third kappa shape index (κ3) is 4.61. The predicted molar refractivity (Wildman–Crippen MR) is 92.2 cm³/mol. The molecule has 1 saturated carbocycles. The molecule has 6 heteroatoms.